The minimum Gasteiger partial charge on any atom is -0.508 e. The molecule has 0 radical (unpaired) electrons. The smallest absolute Gasteiger partial charge is 0.152 e. The third-order valence-corrected chi connectivity index (χ3v) is 4.73. The fourth-order valence-corrected chi connectivity index (χ4v) is 4.14. The molecule has 3 N–H and O–H groups in total. The van der Waals surface area contributed by atoms with E-state index in [1.54, 1.807) is 18.2 Å². The van der Waals surface area contributed by atoms with Crippen LogP contribution in [0.4, 0.5) is 0 Å². The fraction of sp³-hybridized carbons (Fsp3) is 0.455. The molecule has 1 aromatic rings. The van der Waals surface area contributed by atoms with E-state index in [4.69, 9.17) is 5.73 Å². The molecule has 1 unspecified atom stereocenters. The van der Waals surface area contributed by atoms with Crippen molar-refractivity contribution in [3.63, 3.8) is 0 Å². The summed E-state index contributed by atoms with van der Waals surface area (Å²) in [5.41, 5.74) is 6.26. The zero-order chi connectivity index (χ0) is 11.8. The van der Waals surface area contributed by atoms with Crippen LogP contribution in [0.25, 0.3) is 0 Å². The SMILES string of the molecule is NC1(Cc2cccc(O)c2)CCS(=O)(=O)C1. The molecule has 1 atom stereocenters. The molecule has 1 aliphatic rings. The van der Waals surface area contributed by atoms with Crippen LogP contribution in [0.5, 0.6) is 5.75 Å². The highest BCUT2D eigenvalue weighted by Gasteiger charge is 2.38. The second kappa shape index (κ2) is 3.75. The molecule has 1 aromatic carbocycles. The van der Waals surface area contributed by atoms with Crippen LogP contribution in [0, 0.1) is 0 Å². The average molecular weight is 241 g/mol. The van der Waals surface area contributed by atoms with E-state index in [1.165, 1.54) is 0 Å². The van der Waals surface area contributed by atoms with Crippen molar-refractivity contribution in [3.05, 3.63) is 29.8 Å². The van der Waals surface area contributed by atoms with Crippen molar-refractivity contribution >= 4 is 9.84 Å². The largest absolute Gasteiger partial charge is 0.508 e. The van der Waals surface area contributed by atoms with Crippen molar-refractivity contribution in [1.29, 1.82) is 0 Å². The summed E-state index contributed by atoms with van der Waals surface area (Å²) in [6.07, 6.45) is 0.978. The van der Waals surface area contributed by atoms with Gasteiger partial charge >= 0.3 is 0 Å². The molecule has 0 spiro atoms. The molecular formula is C11H15NO3S. The first-order valence-electron chi connectivity index (χ1n) is 5.16. The number of benzene rings is 1. The van der Waals surface area contributed by atoms with Crippen molar-refractivity contribution in [2.24, 2.45) is 5.73 Å². The summed E-state index contributed by atoms with van der Waals surface area (Å²) in [5.74, 6) is 0.389. The van der Waals surface area contributed by atoms with Gasteiger partial charge < -0.3 is 10.8 Å². The monoisotopic (exact) mass is 241 g/mol. The van der Waals surface area contributed by atoms with Crippen LogP contribution in [0.2, 0.25) is 0 Å². The van der Waals surface area contributed by atoms with Crippen LogP contribution in [-0.4, -0.2) is 30.6 Å². The summed E-state index contributed by atoms with van der Waals surface area (Å²) in [5, 5.41) is 9.31. The van der Waals surface area contributed by atoms with E-state index < -0.39 is 15.4 Å². The minimum absolute atomic E-state index is 0.0374. The van der Waals surface area contributed by atoms with E-state index in [0.717, 1.165) is 5.56 Å². The number of phenols is 1. The Bertz CT molecular complexity index is 498. The highest BCUT2D eigenvalue weighted by Crippen LogP contribution is 2.26. The van der Waals surface area contributed by atoms with Crippen LogP contribution in [0.3, 0.4) is 0 Å². The maximum Gasteiger partial charge on any atom is 0.152 e. The molecule has 0 saturated carbocycles. The Kier molecular flexibility index (Phi) is 2.67. The third-order valence-electron chi connectivity index (χ3n) is 2.89. The maximum absolute atomic E-state index is 11.4. The van der Waals surface area contributed by atoms with E-state index in [0.29, 0.717) is 12.8 Å². The highest BCUT2D eigenvalue weighted by molar-refractivity contribution is 7.91. The second-order valence-electron chi connectivity index (χ2n) is 4.55. The minimum atomic E-state index is -2.97. The van der Waals surface area contributed by atoms with Crippen molar-refractivity contribution in [2.75, 3.05) is 11.5 Å². The van der Waals surface area contributed by atoms with Crippen LogP contribution >= 0.6 is 0 Å². The first-order valence-corrected chi connectivity index (χ1v) is 6.98. The summed E-state index contributed by atoms with van der Waals surface area (Å²) in [6, 6.07) is 6.79. The lowest BCUT2D eigenvalue weighted by Gasteiger charge is -2.21. The number of rotatable bonds is 2. The van der Waals surface area contributed by atoms with E-state index in [9.17, 15) is 13.5 Å². The predicted molar refractivity (Wildman–Crippen MR) is 62.0 cm³/mol. The van der Waals surface area contributed by atoms with Gasteiger partial charge in [0.25, 0.3) is 0 Å². The molecule has 5 heteroatoms. The summed E-state index contributed by atoms with van der Waals surface area (Å²) >= 11 is 0. The summed E-state index contributed by atoms with van der Waals surface area (Å²) < 4.78 is 22.7. The molecule has 1 aliphatic heterocycles. The highest BCUT2D eigenvalue weighted by atomic mass is 32.2. The summed E-state index contributed by atoms with van der Waals surface area (Å²) in [4.78, 5) is 0. The van der Waals surface area contributed by atoms with Gasteiger partial charge in [-0.2, -0.15) is 0 Å². The number of sulfone groups is 1. The lowest BCUT2D eigenvalue weighted by atomic mass is 9.91. The predicted octanol–water partition coefficient (Wildman–Crippen LogP) is 0.451. The van der Waals surface area contributed by atoms with Crippen LogP contribution in [0.1, 0.15) is 12.0 Å². The zero-order valence-corrected chi connectivity index (χ0v) is 9.70. The Morgan fingerprint density at radius 3 is 2.75 bits per heavy atom. The number of hydrogen-bond donors (Lipinski definition) is 2. The first kappa shape index (κ1) is 11.4. The molecule has 16 heavy (non-hydrogen) atoms. The maximum atomic E-state index is 11.4. The van der Waals surface area contributed by atoms with Gasteiger partial charge in [-0.1, -0.05) is 12.1 Å². The summed E-state index contributed by atoms with van der Waals surface area (Å²) in [6.45, 7) is 0. The van der Waals surface area contributed by atoms with Crippen molar-refractivity contribution in [2.45, 2.75) is 18.4 Å². The average Bonchev–Trinajstić information content (AvgIpc) is 2.40. The molecule has 1 heterocycles. The molecule has 0 amide bonds. The normalized spacial score (nSPS) is 28.1. The Morgan fingerprint density at radius 2 is 2.19 bits per heavy atom. The van der Waals surface area contributed by atoms with E-state index >= 15 is 0 Å². The van der Waals surface area contributed by atoms with Gasteiger partial charge in [-0.25, -0.2) is 8.42 Å². The molecule has 1 fully saturated rings. The van der Waals surface area contributed by atoms with Gasteiger partial charge in [-0.05, 0) is 30.5 Å². The van der Waals surface area contributed by atoms with Crippen LogP contribution < -0.4 is 5.73 Å². The molecule has 0 aromatic heterocycles. The Hall–Kier alpha value is -1.07. The Balaban J connectivity index is 2.16. The zero-order valence-electron chi connectivity index (χ0n) is 8.89. The Labute approximate surface area is 95.0 Å². The van der Waals surface area contributed by atoms with Crippen LogP contribution in [-0.2, 0) is 16.3 Å². The lowest BCUT2D eigenvalue weighted by molar-refractivity contribution is 0.464. The van der Waals surface area contributed by atoms with Gasteiger partial charge in [0.15, 0.2) is 9.84 Å². The van der Waals surface area contributed by atoms with Gasteiger partial charge in [-0.3, -0.25) is 0 Å². The van der Waals surface area contributed by atoms with Gasteiger partial charge in [0.2, 0.25) is 0 Å². The third kappa shape index (κ3) is 2.54. The standard InChI is InChI=1S/C11H15NO3S/c12-11(4-5-16(14,15)8-11)7-9-2-1-3-10(13)6-9/h1-3,6,13H,4-5,7-8,12H2. The molecular weight excluding hydrogens is 226 g/mol. The number of hydrogen-bond acceptors (Lipinski definition) is 4. The molecule has 1 saturated heterocycles. The van der Waals surface area contributed by atoms with E-state index in [-0.39, 0.29) is 17.3 Å². The summed E-state index contributed by atoms with van der Waals surface area (Å²) in [7, 11) is -2.97. The van der Waals surface area contributed by atoms with E-state index in [1.807, 2.05) is 6.07 Å². The van der Waals surface area contributed by atoms with Gasteiger partial charge in [0.05, 0.1) is 11.5 Å². The van der Waals surface area contributed by atoms with Crippen LogP contribution in [0.15, 0.2) is 24.3 Å². The lowest BCUT2D eigenvalue weighted by Crippen LogP contribution is -2.43. The van der Waals surface area contributed by atoms with Gasteiger partial charge in [0.1, 0.15) is 5.75 Å². The topological polar surface area (TPSA) is 80.4 Å². The number of aromatic hydroxyl groups is 1. The second-order valence-corrected chi connectivity index (χ2v) is 6.74. The van der Waals surface area contributed by atoms with Crippen molar-refractivity contribution < 1.29 is 13.5 Å². The number of nitrogens with two attached hydrogens (primary N) is 1. The molecule has 88 valence electrons. The Morgan fingerprint density at radius 1 is 1.44 bits per heavy atom. The molecule has 0 bridgehead atoms. The van der Waals surface area contributed by atoms with Gasteiger partial charge in [-0.15, -0.1) is 0 Å². The van der Waals surface area contributed by atoms with Crippen molar-refractivity contribution in [1.82, 2.24) is 0 Å². The van der Waals surface area contributed by atoms with Crippen molar-refractivity contribution in [3.8, 4) is 5.75 Å². The quantitative estimate of drug-likeness (QED) is 0.788. The first-order chi connectivity index (χ1) is 7.39. The number of phenolic OH excluding ortho intramolecular Hbond substituents is 1. The molecule has 4 nitrogen and oxygen atoms in total. The molecule has 0 aliphatic carbocycles. The molecule has 2 rings (SSSR count). The van der Waals surface area contributed by atoms with E-state index in [2.05, 4.69) is 0 Å². The van der Waals surface area contributed by atoms with Gasteiger partial charge in [0, 0.05) is 5.54 Å². The fourth-order valence-electron chi connectivity index (χ4n) is 2.15.